The number of ether oxygens (including phenoxy) is 1. The van der Waals surface area contributed by atoms with Crippen molar-refractivity contribution in [3.63, 3.8) is 0 Å². The van der Waals surface area contributed by atoms with Crippen molar-refractivity contribution < 1.29 is 34.2 Å². The van der Waals surface area contributed by atoms with Gasteiger partial charge in [-0.2, -0.15) is 0 Å². The van der Waals surface area contributed by atoms with Crippen molar-refractivity contribution in [1.82, 2.24) is 5.32 Å². The first-order chi connectivity index (χ1) is 6.72. The predicted molar refractivity (Wildman–Crippen MR) is 60.2 cm³/mol. The van der Waals surface area contributed by atoms with Crippen LogP contribution in [0.3, 0.4) is 0 Å². The van der Waals surface area contributed by atoms with E-state index in [-0.39, 0.29) is 0 Å². The number of hydrogen-bond acceptors (Lipinski definition) is 3. The number of carboxylic acids is 1. The first-order valence-electron chi connectivity index (χ1n) is 4.04. The summed E-state index contributed by atoms with van der Waals surface area (Å²) in [6, 6.07) is -1.19. The zero-order valence-corrected chi connectivity index (χ0v) is 14.2. The molecule has 0 aliphatic heterocycles. The number of halogens is 1. The van der Waals surface area contributed by atoms with Gasteiger partial charge in [0, 0.05) is 6.04 Å². The summed E-state index contributed by atoms with van der Waals surface area (Å²) in [5.74, 6) is -1.20. The second-order valence-electron chi connectivity index (χ2n) is 3.54. The van der Waals surface area contributed by atoms with Crippen molar-refractivity contribution in [2.75, 3.05) is 0 Å². The molecule has 1 unspecified atom stereocenters. The van der Waals surface area contributed by atoms with Crippen molar-refractivity contribution >= 4 is 31.8 Å². The van der Waals surface area contributed by atoms with Gasteiger partial charge in [-0.05, 0) is 20.8 Å². The van der Waals surface area contributed by atoms with E-state index in [1.54, 1.807) is 20.8 Å². The van der Waals surface area contributed by atoms with Gasteiger partial charge in [0.25, 0.3) is 5.97 Å². The van der Waals surface area contributed by atoms with Crippen LogP contribution in [-0.2, 0) is 24.3 Å². The summed E-state index contributed by atoms with van der Waals surface area (Å²) >= 11 is 3.62. The van der Waals surface area contributed by atoms with Gasteiger partial charge in [0.05, 0.1) is 0 Å². The number of carbonyl (C=O) groups is 2. The summed E-state index contributed by atoms with van der Waals surface area (Å²) in [5, 5.41) is 10.5. The molecular formula is C8H14INO4Zn. The second kappa shape index (κ2) is 8.27. The molecule has 0 saturated heterocycles. The first-order valence-corrected chi connectivity index (χ1v) is 13.1. The summed E-state index contributed by atoms with van der Waals surface area (Å²) < 4.78 is 4.81. The molecule has 0 bridgehead atoms. The van der Waals surface area contributed by atoms with E-state index in [9.17, 15) is 9.59 Å². The number of carboxylic acid groups (broad SMARTS) is 1. The maximum absolute atomic E-state index is 10.9. The number of aliphatic carboxylic acids is 1. The van der Waals surface area contributed by atoms with E-state index in [1.807, 2.05) is 0 Å². The summed E-state index contributed by atoms with van der Waals surface area (Å²) in [5.41, 5.74) is -0.637. The van der Waals surface area contributed by atoms with Crippen LogP contribution in [0.2, 0.25) is 0 Å². The van der Waals surface area contributed by atoms with E-state index in [1.165, 1.54) is 14.8 Å². The van der Waals surface area contributed by atoms with E-state index in [0.29, 0.717) is 0 Å². The topological polar surface area (TPSA) is 75.6 Å². The van der Waals surface area contributed by atoms with Gasteiger partial charge in [-0.3, -0.25) is 4.79 Å². The molecule has 84 valence electrons. The summed E-state index contributed by atoms with van der Waals surface area (Å²) in [6.45, 7) is 8.25. The van der Waals surface area contributed by atoms with E-state index in [0.717, 1.165) is 0 Å². The Kier molecular flexibility index (Phi) is 9.64. The Morgan fingerprint density at radius 3 is 2.13 bits per heavy atom. The number of carbonyl (C=O) groups excluding carboxylic acids is 1. The van der Waals surface area contributed by atoms with Gasteiger partial charge in [-0.15, -0.1) is 0 Å². The Bertz CT molecular complexity index is 217. The molecular weight excluding hydrogens is 366 g/mol. The zero-order valence-electron chi connectivity index (χ0n) is 9.04. The number of nitrogens with one attached hydrogen (secondary N) is 1. The van der Waals surface area contributed by atoms with Gasteiger partial charge in [0.15, 0.2) is 0 Å². The van der Waals surface area contributed by atoms with Crippen molar-refractivity contribution in [3.05, 3.63) is 6.92 Å². The number of amides is 1. The molecule has 2 N–H and O–H groups in total. The molecule has 0 saturated carbocycles. The van der Waals surface area contributed by atoms with Crippen molar-refractivity contribution in [2.45, 2.75) is 32.4 Å². The van der Waals surface area contributed by atoms with Gasteiger partial charge in [0.1, 0.15) is 5.60 Å². The molecule has 0 aromatic carbocycles. The molecule has 0 aliphatic rings. The molecule has 5 nitrogen and oxygen atoms in total. The standard InChI is InChI=1S/C8H14NO4.HI.Zn/c1-5(6(10)11)9-7(12)13-8(2,3)4;;/h5H,1H2,2-4H3,(H,9,12)(H,10,11);1H;/q-1;;+2/p-1. The summed E-state index contributed by atoms with van der Waals surface area (Å²) in [6.07, 6.45) is -0.783. The van der Waals surface area contributed by atoms with Crippen LogP contribution in [0.25, 0.3) is 0 Å². The van der Waals surface area contributed by atoms with Crippen LogP contribution < -0.4 is 5.32 Å². The van der Waals surface area contributed by atoms with E-state index in [4.69, 9.17) is 9.84 Å². The van der Waals surface area contributed by atoms with E-state index < -0.39 is 23.7 Å². The fourth-order valence-electron chi connectivity index (χ4n) is 0.512. The molecule has 0 rings (SSSR count). The Balaban J connectivity index is 0. The van der Waals surface area contributed by atoms with Crippen molar-refractivity contribution in [3.8, 4) is 0 Å². The molecule has 0 spiro atoms. The molecule has 1 amide bonds. The Labute approximate surface area is 110 Å². The van der Waals surface area contributed by atoms with Crippen LogP contribution in [-0.4, -0.2) is 28.8 Å². The van der Waals surface area contributed by atoms with Crippen LogP contribution in [0, 0.1) is 6.92 Å². The monoisotopic (exact) mass is 379 g/mol. The normalized spacial score (nSPS) is 11.9. The fraction of sp³-hybridized carbons (Fsp3) is 0.625. The molecule has 0 heterocycles. The number of hydrogen-bond donors (Lipinski definition) is 2. The quantitative estimate of drug-likeness (QED) is 0.434. The summed E-state index contributed by atoms with van der Waals surface area (Å²) in [4.78, 5) is 21.2. The number of alkyl carbamates (subject to hydrolysis) is 1. The zero-order chi connectivity index (χ0) is 12.6. The molecule has 0 fully saturated rings. The molecule has 0 aromatic rings. The van der Waals surface area contributed by atoms with Gasteiger partial charge in [0.2, 0.25) is 0 Å². The van der Waals surface area contributed by atoms with Crippen LogP contribution in [0.4, 0.5) is 4.79 Å². The first kappa shape index (κ1) is 17.5. The number of rotatable bonds is 2. The van der Waals surface area contributed by atoms with Crippen LogP contribution in [0.5, 0.6) is 0 Å². The van der Waals surface area contributed by atoms with Crippen molar-refractivity contribution in [1.29, 1.82) is 0 Å². The van der Waals surface area contributed by atoms with Crippen LogP contribution >= 0.6 is 19.8 Å². The molecule has 7 heteroatoms. The minimum absolute atomic E-state index is 0.637. The average Bonchev–Trinajstić information content (AvgIpc) is 2.03. The molecule has 0 aliphatic carbocycles. The third-order valence-electron chi connectivity index (χ3n) is 0.989. The van der Waals surface area contributed by atoms with Crippen LogP contribution in [0.15, 0.2) is 0 Å². The predicted octanol–water partition coefficient (Wildman–Crippen LogP) is 1.68. The van der Waals surface area contributed by atoms with E-state index >= 15 is 0 Å². The van der Waals surface area contributed by atoms with Gasteiger partial charge in [-0.1, -0.05) is 0 Å². The fourth-order valence-corrected chi connectivity index (χ4v) is 0.512. The van der Waals surface area contributed by atoms with E-state index in [2.05, 4.69) is 32.0 Å². The third kappa shape index (κ3) is 12.0. The molecule has 1 atom stereocenters. The average molecular weight is 380 g/mol. The maximum atomic E-state index is 10.9. The second-order valence-corrected chi connectivity index (χ2v) is 3.54. The Morgan fingerprint density at radius 2 is 1.87 bits per heavy atom. The Hall–Kier alpha value is 0.0934. The van der Waals surface area contributed by atoms with Gasteiger partial charge < -0.3 is 22.1 Å². The third-order valence-corrected chi connectivity index (χ3v) is 0.989. The van der Waals surface area contributed by atoms with Crippen LogP contribution in [0.1, 0.15) is 20.8 Å². The minimum atomic E-state index is -1.20. The SMILES string of the molecule is [CH2-]C(NC(=O)OC(C)(C)C)C(=O)O.[Zn+][I]. The molecule has 15 heavy (non-hydrogen) atoms. The van der Waals surface area contributed by atoms with Crippen molar-refractivity contribution in [2.24, 2.45) is 0 Å². The summed E-state index contributed by atoms with van der Waals surface area (Å²) in [7, 11) is 0. The molecule has 0 radical (unpaired) electrons. The van der Waals surface area contributed by atoms with Gasteiger partial charge in [-0.25, -0.2) is 4.79 Å². The molecule has 0 aromatic heterocycles. The van der Waals surface area contributed by atoms with Gasteiger partial charge >= 0.3 is 40.6 Å². The Morgan fingerprint density at radius 1 is 1.47 bits per heavy atom.